The predicted octanol–water partition coefficient (Wildman–Crippen LogP) is 1.80. The first kappa shape index (κ1) is 14.4. The van der Waals surface area contributed by atoms with Crippen molar-refractivity contribution in [2.24, 2.45) is 11.8 Å². The van der Waals surface area contributed by atoms with Crippen molar-refractivity contribution in [1.29, 1.82) is 0 Å². The SMILES string of the molecule is COc1cc(C(=O)N2C[C@@H](C)[C@H](C(=O)O)C2)ccc1C. The van der Waals surface area contributed by atoms with Gasteiger partial charge in [-0.2, -0.15) is 0 Å². The lowest BCUT2D eigenvalue weighted by atomic mass is 9.99. The first-order valence-electron chi connectivity index (χ1n) is 6.60. The molecule has 1 heterocycles. The molecule has 2 rings (SSSR count). The number of ether oxygens (including phenoxy) is 1. The van der Waals surface area contributed by atoms with E-state index >= 15 is 0 Å². The van der Waals surface area contributed by atoms with Gasteiger partial charge in [-0.1, -0.05) is 13.0 Å². The molecule has 0 spiro atoms. The number of carbonyl (C=O) groups is 2. The maximum absolute atomic E-state index is 12.4. The molecule has 108 valence electrons. The van der Waals surface area contributed by atoms with Gasteiger partial charge in [0.2, 0.25) is 0 Å². The number of benzene rings is 1. The van der Waals surface area contributed by atoms with E-state index in [1.165, 1.54) is 0 Å². The maximum Gasteiger partial charge on any atom is 0.308 e. The molecule has 20 heavy (non-hydrogen) atoms. The van der Waals surface area contributed by atoms with Gasteiger partial charge in [-0.05, 0) is 30.5 Å². The summed E-state index contributed by atoms with van der Waals surface area (Å²) in [5.41, 5.74) is 1.49. The molecule has 1 aromatic rings. The molecule has 1 N–H and O–H groups in total. The molecule has 0 unspecified atom stereocenters. The van der Waals surface area contributed by atoms with Gasteiger partial charge in [0, 0.05) is 18.7 Å². The van der Waals surface area contributed by atoms with Crippen LogP contribution in [0.3, 0.4) is 0 Å². The topological polar surface area (TPSA) is 66.8 Å². The summed E-state index contributed by atoms with van der Waals surface area (Å²) in [6.07, 6.45) is 0. The fourth-order valence-corrected chi connectivity index (χ4v) is 2.59. The molecule has 1 saturated heterocycles. The van der Waals surface area contributed by atoms with Gasteiger partial charge >= 0.3 is 5.97 Å². The minimum Gasteiger partial charge on any atom is -0.496 e. The first-order chi connectivity index (χ1) is 9.43. The van der Waals surface area contributed by atoms with Crippen LogP contribution in [0, 0.1) is 18.8 Å². The number of aryl methyl sites for hydroxylation is 1. The van der Waals surface area contributed by atoms with E-state index in [9.17, 15) is 9.59 Å². The number of carboxylic acid groups (broad SMARTS) is 1. The molecular formula is C15H19NO4. The Morgan fingerprint density at radius 1 is 1.35 bits per heavy atom. The van der Waals surface area contributed by atoms with Gasteiger partial charge in [-0.25, -0.2) is 0 Å². The van der Waals surface area contributed by atoms with Gasteiger partial charge < -0.3 is 14.7 Å². The Hall–Kier alpha value is -2.04. The second-order valence-electron chi connectivity index (χ2n) is 5.32. The summed E-state index contributed by atoms with van der Waals surface area (Å²) in [4.78, 5) is 25.1. The molecule has 0 aromatic heterocycles. The molecular weight excluding hydrogens is 258 g/mol. The molecule has 0 bridgehead atoms. The van der Waals surface area contributed by atoms with Crippen molar-refractivity contribution < 1.29 is 19.4 Å². The average molecular weight is 277 g/mol. The Bertz CT molecular complexity index is 541. The van der Waals surface area contributed by atoms with E-state index in [0.717, 1.165) is 5.56 Å². The molecule has 1 aromatic carbocycles. The van der Waals surface area contributed by atoms with Crippen molar-refractivity contribution in [2.75, 3.05) is 20.2 Å². The Morgan fingerprint density at radius 3 is 2.60 bits per heavy atom. The zero-order chi connectivity index (χ0) is 14.9. The fourth-order valence-electron chi connectivity index (χ4n) is 2.59. The third kappa shape index (κ3) is 2.61. The fraction of sp³-hybridized carbons (Fsp3) is 0.467. The normalized spacial score (nSPS) is 21.9. The molecule has 0 radical (unpaired) electrons. The van der Waals surface area contributed by atoms with Crippen LogP contribution in [-0.2, 0) is 4.79 Å². The van der Waals surface area contributed by atoms with Gasteiger partial charge in [0.1, 0.15) is 5.75 Å². The molecule has 1 aliphatic heterocycles. The third-order valence-corrected chi connectivity index (χ3v) is 3.87. The summed E-state index contributed by atoms with van der Waals surface area (Å²) < 4.78 is 5.21. The number of amides is 1. The lowest BCUT2D eigenvalue weighted by Crippen LogP contribution is -2.29. The quantitative estimate of drug-likeness (QED) is 0.914. The van der Waals surface area contributed by atoms with E-state index in [4.69, 9.17) is 9.84 Å². The third-order valence-electron chi connectivity index (χ3n) is 3.87. The number of carbonyl (C=O) groups excluding carboxylic acids is 1. The lowest BCUT2D eigenvalue weighted by molar-refractivity contribution is -0.142. The van der Waals surface area contributed by atoms with Crippen LogP contribution in [0.4, 0.5) is 0 Å². The van der Waals surface area contributed by atoms with Gasteiger partial charge in [0.15, 0.2) is 0 Å². The zero-order valence-corrected chi connectivity index (χ0v) is 11.9. The van der Waals surface area contributed by atoms with Crippen molar-refractivity contribution in [1.82, 2.24) is 4.90 Å². The summed E-state index contributed by atoms with van der Waals surface area (Å²) in [6, 6.07) is 5.29. The standard InChI is InChI=1S/C15H19NO4/c1-9-4-5-11(6-13(9)20-3)14(17)16-7-10(2)12(8-16)15(18)19/h4-6,10,12H,7-8H2,1-3H3,(H,18,19)/t10-,12-/m1/s1. The molecule has 2 atom stereocenters. The van der Waals surface area contributed by atoms with Gasteiger partial charge in [-0.15, -0.1) is 0 Å². The molecule has 0 aliphatic carbocycles. The second kappa shape index (κ2) is 5.53. The van der Waals surface area contributed by atoms with Crippen molar-refractivity contribution in [3.8, 4) is 5.75 Å². The smallest absolute Gasteiger partial charge is 0.308 e. The number of rotatable bonds is 3. The van der Waals surface area contributed by atoms with Crippen LogP contribution in [0.5, 0.6) is 5.75 Å². The molecule has 1 amide bonds. The highest BCUT2D eigenvalue weighted by Gasteiger charge is 2.37. The van der Waals surface area contributed by atoms with Crippen LogP contribution in [-0.4, -0.2) is 42.1 Å². The first-order valence-corrected chi connectivity index (χ1v) is 6.60. The van der Waals surface area contributed by atoms with Crippen LogP contribution >= 0.6 is 0 Å². The van der Waals surface area contributed by atoms with E-state index in [2.05, 4.69) is 0 Å². The van der Waals surface area contributed by atoms with E-state index < -0.39 is 11.9 Å². The van der Waals surface area contributed by atoms with Gasteiger partial charge in [-0.3, -0.25) is 9.59 Å². The molecule has 1 fully saturated rings. The van der Waals surface area contributed by atoms with Crippen LogP contribution in [0.1, 0.15) is 22.8 Å². The highest BCUT2D eigenvalue weighted by molar-refractivity contribution is 5.95. The van der Waals surface area contributed by atoms with Crippen LogP contribution < -0.4 is 4.74 Å². The van der Waals surface area contributed by atoms with E-state index in [1.54, 1.807) is 24.1 Å². The van der Waals surface area contributed by atoms with E-state index in [0.29, 0.717) is 17.9 Å². The minimum atomic E-state index is -0.839. The lowest BCUT2D eigenvalue weighted by Gasteiger charge is -2.17. The minimum absolute atomic E-state index is 0.0243. The Balaban J connectivity index is 2.18. The van der Waals surface area contributed by atoms with Gasteiger partial charge in [0.05, 0.1) is 13.0 Å². The van der Waals surface area contributed by atoms with E-state index in [1.807, 2.05) is 19.9 Å². The number of carboxylic acids is 1. The average Bonchev–Trinajstić information content (AvgIpc) is 2.80. The number of nitrogens with zero attached hydrogens (tertiary/aromatic N) is 1. The van der Waals surface area contributed by atoms with Crippen LogP contribution in [0.25, 0.3) is 0 Å². The van der Waals surface area contributed by atoms with Crippen molar-refractivity contribution in [2.45, 2.75) is 13.8 Å². The second-order valence-corrected chi connectivity index (χ2v) is 5.32. The number of likely N-dealkylation sites (tertiary alicyclic amines) is 1. The summed E-state index contributed by atoms with van der Waals surface area (Å²) in [6.45, 7) is 4.52. The number of hydrogen-bond donors (Lipinski definition) is 1. The molecule has 5 heteroatoms. The van der Waals surface area contributed by atoms with E-state index in [-0.39, 0.29) is 18.4 Å². The van der Waals surface area contributed by atoms with Crippen LogP contribution in [0.2, 0.25) is 0 Å². The maximum atomic E-state index is 12.4. The summed E-state index contributed by atoms with van der Waals surface area (Å²) in [5.74, 6) is -0.818. The van der Waals surface area contributed by atoms with Crippen LogP contribution in [0.15, 0.2) is 18.2 Å². The largest absolute Gasteiger partial charge is 0.496 e. The molecule has 1 aliphatic rings. The van der Waals surface area contributed by atoms with Crippen molar-refractivity contribution in [3.05, 3.63) is 29.3 Å². The Labute approximate surface area is 118 Å². The molecule has 0 saturated carbocycles. The summed E-state index contributed by atoms with van der Waals surface area (Å²) in [5, 5.41) is 9.11. The van der Waals surface area contributed by atoms with Crippen molar-refractivity contribution >= 4 is 11.9 Å². The summed E-state index contributed by atoms with van der Waals surface area (Å²) >= 11 is 0. The monoisotopic (exact) mass is 277 g/mol. The predicted molar refractivity (Wildman–Crippen MR) is 73.9 cm³/mol. The Kier molecular flexibility index (Phi) is 3.97. The summed E-state index contributed by atoms with van der Waals surface area (Å²) in [7, 11) is 1.56. The highest BCUT2D eigenvalue weighted by Crippen LogP contribution is 2.26. The number of methoxy groups -OCH3 is 1. The van der Waals surface area contributed by atoms with Gasteiger partial charge in [0.25, 0.3) is 5.91 Å². The number of hydrogen-bond acceptors (Lipinski definition) is 3. The number of aliphatic carboxylic acids is 1. The van der Waals surface area contributed by atoms with Crippen molar-refractivity contribution in [3.63, 3.8) is 0 Å². The molecule has 5 nitrogen and oxygen atoms in total. The Morgan fingerprint density at radius 2 is 2.05 bits per heavy atom. The highest BCUT2D eigenvalue weighted by atomic mass is 16.5. The zero-order valence-electron chi connectivity index (χ0n) is 11.9.